The van der Waals surface area contributed by atoms with Crippen LogP contribution in [0, 0.1) is 6.92 Å². The average molecular weight is 338 g/mol. The van der Waals surface area contributed by atoms with Gasteiger partial charge in [-0.05, 0) is 43.5 Å². The molecule has 6 nitrogen and oxygen atoms in total. The van der Waals surface area contributed by atoms with Crippen LogP contribution in [0.4, 0.5) is 0 Å². The summed E-state index contributed by atoms with van der Waals surface area (Å²) in [4.78, 5) is 18.2. The first-order valence-electron chi connectivity index (χ1n) is 8.61. The molecule has 1 fully saturated rings. The number of hydrogen-bond acceptors (Lipinski definition) is 3. The minimum absolute atomic E-state index is 0.0570. The Morgan fingerprint density at radius 1 is 1.40 bits per heavy atom. The van der Waals surface area contributed by atoms with E-state index in [9.17, 15) is 4.79 Å². The van der Waals surface area contributed by atoms with Gasteiger partial charge < -0.3 is 14.6 Å². The summed E-state index contributed by atoms with van der Waals surface area (Å²) in [7, 11) is 1.64. The fourth-order valence-corrected chi connectivity index (χ4v) is 3.58. The zero-order valence-corrected chi connectivity index (χ0v) is 14.5. The van der Waals surface area contributed by atoms with Crippen LogP contribution < -0.4 is 4.74 Å². The molecule has 3 heterocycles. The molecule has 2 aromatic heterocycles. The first kappa shape index (κ1) is 15.7. The molecule has 25 heavy (non-hydrogen) atoms. The van der Waals surface area contributed by atoms with Crippen LogP contribution in [-0.4, -0.2) is 45.3 Å². The molecule has 1 N–H and O–H groups in total. The van der Waals surface area contributed by atoms with Crippen LogP contribution in [0.3, 0.4) is 0 Å². The number of rotatable bonds is 4. The van der Waals surface area contributed by atoms with E-state index in [0.29, 0.717) is 5.69 Å². The molecule has 0 saturated carbocycles. The van der Waals surface area contributed by atoms with Crippen molar-refractivity contribution >= 4 is 16.8 Å². The fraction of sp³-hybridized carbons (Fsp3) is 0.368. The first-order chi connectivity index (χ1) is 12.1. The maximum atomic E-state index is 13.0. The van der Waals surface area contributed by atoms with Crippen LogP contribution in [0.15, 0.2) is 36.7 Å². The Morgan fingerprint density at radius 2 is 2.28 bits per heavy atom. The molecular weight excluding hydrogens is 316 g/mol. The van der Waals surface area contributed by atoms with Crippen LogP contribution >= 0.6 is 0 Å². The molecule has 0 radical (unpaired) electrons. The van der Waals surface area contributed by atoms with E-state index in [2.05, 4.69) is 10.1 Å². The molecular formula is C19H22N4O2. The van der Waals surface area contributed by atoms with Crippen molar-refractivity contribution < 1.29 is 9.53 Å². The van der Waals surface area contributed by atoms with E-state index in [1.54, 1.807) is 7.11 Å². The Hall–Kier alpha value is -2.76. The Labute approximate surface area is 146 Å². The van der Waals surface area contributed by atoms with Crippen LogP contribution in [0.1, 0.15) is 28.9 Å². The molecule has 1 amide bonds. The zero-order chi connectivity index (χ0) is 17.4. The highest BCUT2D eigenvalue weighted by molar-refractivity contribution is 5.98. The highest BCUT2D eigenvalue weighted by atomic mass is 16.5. The lowest BCUT2D eigenvalue weighted by molar-refractivity contribution is 0.0716. The Morgan fingerprint density at radius 3 is 3.04 bits per heavy atom. The maximum Gasteiger partial charge on any atom is 0.270 e. The standard InChI is InChI=1S/C19H22N4O2/c1-13-10-20-22(11-13)12-15-4-3-7-23(15)19(24)18-8-14-5-6-16(25-2)9-17(14)21-18/h5-6,8-11,15,21H,3-4,7,12H2,1-2H3/t15-/m1/s1. The summed E-state index contributed by atoms with van der Waals surface area (Å²) < 4.78 is 7.18. The number of methoxy groups -OCH3 is 1. The van der Waals surface area contributed by atoms with Crippen LogP contribution in [0.5, 0.6) is 5.75 Å². The van der Waals surface area contributed by atoms with Gasteiger partial charge in [-0.15, -0.1) is 0 Å². The SMILES string of the molecule is COc1ccc2cc(C(=O)N3CCC[C@@H]3Cn3cc(C)cn3)[nH]c2c1. The molecule has 0 spiro atoms. The molecule has 130 valence electrons. The predicted octanol–water partition coefficient (Wildman–Crippen LogP) is 2.99. The van der Waals surface area contributed by atoms with Gasteiger partial charge in [-0.1, -0.05) is 0 Å². The second-order valence-electron chi connectivity index (χ2n) is 6.67. The van der Waals surface area contributed by atoms with Crippen molar-refractivity contribution in [2.75, 3.05) is 13.7 Å². The lowest BCUT2D eigenvalue weighted by Gasteiger charge is -2.24. The molecule has 1 aromatic carbocycles. The summed E-state index contributed by atoms with van der Waals surface area (Å²) in [5, 5.41) is 5.37. The Kier molecular flexibility index (Phi) is 3.95. The minimum atomic E-state index is 0.0570. The van der Waals surface area contributed by atoms with E-state index < -0.39 is 0 Å². The van der Waals surface area contributed by atoms with Gasteiger partial charge in [-0.2, -0.15) is 5.10 Å². The second kappa shape index (κ2) is 6.27. The van der Waals surface area contributed by atoms with E-state index >= 15 is 0 Å². The van der Waals surface area contributed by atoms with Gasteiger partial charge >= 0.3 is 0 Å². The topological polar surface area (TPSA) is 63.1 Å². The molecule has 1 aliphatic heterocycles. The summed E-state index contributed by atoms with van der Waals surface area (Å²) in [6.45, 7) is 3.57. The van der Waals surface area contributed by atoms with Crippen molar-refractivity contribution in [2.45, 2.75) is 32.4 Å². The van der Waals surface area contributed by atoms with Gasteiger partial charge in [0, 0.05) is 29.7 Å². The lowest BCUT2D eigenvalue weighted by atomic mass is 10.2. The van der Waals surface area contributed by atoms with E-state index in [4.69, 9.17) is 4.74 Å². The molecule has 0 aliphatic carbocycles. The van der Waals surface area contributed by atoms with E-state index in [1.165, 1.54) is 0 Å². The van der Waals surface area contributed by atoms with Crippen LogP contribution in [0.25, 0.3) is 10.9 Å². The van der Waals surface area contributed by atoms with E-state index in [1.807, 2.05) is 53.2 Å². The summed E-state index contributed by atoms with van der Waals surface area (Å²) in [5.74, 6) is 0.836. The number of fused-ring (bicyclic) bond motifs is 1. The summed E-state index contributed by atoms with van der Waals surface area (Å²) in [6, 6.07) is 7.90. The lowest BCUT2D eigenvalue weighted by Crippen LogP contribution is -2.38. The number of nitrogens with one attached hydrogen (secondary N) is 1. The molecule has 3 aromatic rings. The minimum Gasteiger partial charge on any atom is -0.497 e. The number of aryl methyl sites for hydroxylation is 1. The molecule has 1 saturated heterocycles. The number of aromatic amines is 1. The van der Waals surface area contributed by atoms with Crippen molar-refractivity contribution in [1.29, 1.82) is 0 Å². The van der Waals surface area contributed by atoms with Gasteiger partial charge in [-0.3, -0.25) is 9.48 Å². The number of carbonyl (C=O) groups is 1. The Balaban J connectivity index is 1.56. The first-order valence-corrected chi connectivity index (χ1v) is 8.61. The average Bonchev–Trinajstić information content (AvgIpc) is 3.33. The van der Waals surface area contributed by atoms with Crippen molar-refractivity contribution in [3.8, 4) is 5.75 Å². The quantitative estimate of drug-likeness (QED) is 0.795. The number of benzene rings is 1. The third kappa shape index (κ3) is 2.99. The predicted molar refractivity (Wildman–Crippen MR) is 95.9 cm³/mol. The normalized spacial score (nSPS) is 17.4. The van der Waals surface area contributed by atoms with Crippen molar-refractivity contribution in [3.63, 3.8) is 0 Å². The maximum absolute atomic E-state index is 13.0. The van der Waals surface area contributed by atoms with Crippen molar-refractivity contribution in [2.24, 2.45) is 0 Å². The Bertz CT molecular complexity index is 911. The molecule has 0 bridgehead atoms. The third-order valence-electron chi connectivity index (χ3n) is 4.86. The second-order valence-corrected chi connectivity index (χ2v) is 6.67. The number of H-pyrrole nitrogens is 1. The van der Waals surface area contributed by atoms with Crippen molar-refractivity contribution in [3.05, 3.63) is 47.9 Å². The number of hydrogen-bond donors (Lipinski definition) is 1. The van der Waals surface area contributed by atoms with Gasteiger partial charge in [0.05, 0.1) is 25.9 Å². The molecule has 0 unspecified atom stereocenters. The van der Waals surface area contributed by atoms with Crippen LogP contribution in [-0.2, 0) is 6.54 Å². The fourth-order valence-electron chi connectivity index (χ4n) is 3.58. The van der Waals surface area contributed by atoms with Gasteiger partial charge in [0.25, 0.3) is 5.91 Å². The molecule has 4 rings (SSSR count). The highest BCUT2D eigenvalue weighted by Gasteiger charge is 2.30. The molecule has 1 atom stereocenters. The smallest absolute Gasteiger partial charge is 0.270 e. The van der Waals surface area contributed by atoms with Gasteiger partial charge in [0.2, 0.25) is 0 Å². The van der Waals surface area contributed by atoms with E-state index in [-0.39, 0.29) is 11.9 Å². The summed E-state index contributed by atoms with van der Waals surface area (Å²) >= 11 is 0. The van der Waals surface area contributed by atoms with Gasteiger partial charge in [0.15, 0.2) is 0 Å². The number of amides is 1. The molecule has 6 heteroatoms. The van der Waals surface area contributed by atoms with Crippen LogP contribution in [0.2, 0.25) is 0 Å². The van der Waals surface area contributed by atoms with Gasteiger partial charge in [0.1, 0.15) is 11.4 Å². The number of likely N-dealkylation sites (tertiary alicyclic amines) is 1. The summed E-state index contributed by atoms with van der Waals surface area (Å²) in [5.41, 5.74) is 2.69. The zero-order valence-electron chi connectivity index (χ0n) is 14.5. The number of carbonyl (C=O) groups excluding carboxylic acids is 1. The number of aromatic nitrogens is 3. The monoisotopic (exact) mass is 338 g/mol. The van der Waals surface area contributed by atoms with E-state index in [0.717, 1.165) is 48.1 Å². The largest absolute Gasteiger partial charge is 0.497 e. The summed E-state index contributed by atoms with van der Waals surface area (Å²) in [6.07, 6.45) is 5.92. The van der Waals surface area contributed by atoms with Gasteiger partial charge in [-0.25, -0.2) is 0 Å². The van der Waals surface area contributed by atoms with Crippen molar-refractivity contribution in [1.82, 2.24) is 19.7 Å². The third-order valence-corrected chi connectivity index (χ3v) is 4.86. The number of nitrogens with zero attached hydrogens (tertiary/aromatic N) is 3. The molecule has 1 aliphatic rings. The highest BCUT2D eigenvalue weighted by Crippen LogP contribution is 2.25. The number of ether oxygens (including phenoxy) is 1.